The molecule has 1 aliphatic rings. The lowest BCUT2D eigenvalue weighted by molar-refractivity contribution is -0.136. The van der Waals surface area contributed by atoms with Crippen molar-refractivity contribution in [3.63, 3.8) is 0 Å². The number of piperidine rings is 1. The number of anilines is 1. The summed E-state index contributed by atoms with van der Waals surface area (Å²) in [6.07, 6.45) is 1.50. The van der Waals surface area contributed by atoms with Crippen LogP contribution in [0.5, 0.6) is 0 Å². The zero-order valence-corrected chi connectivity index (χ0v) is 15.3. The average Bonchev–Trinajstić information content (AvgIpc) is 2.61. The number of aliphatic carboxylic acids is 1. The van der Waals surface area contributed by atoms with E-state index in [9.17, 15) is 14.4 Å². The van der Waals surface area contributed by atoms with Gasteiger partial charge in [-0.05, 0) is 36.5 Å². The van der Waals surface area contributed by atoms with E-state index in [4.69, 9.17) is 5.11 Å². The third kappa shape index (κ3) is 6.06. The Kier molecular flexibility index (Phi) is 7.00. The fourth-order valence-electron chi connectivity index (χ4n) is 2.90. The summed E-state index contributed by atoms with van der Waals surface area (Å²) in [5.41, 5.74) is 1.31. The van der Waals surface area contributed by atoms with Crippen molar-refractivity contribution < 1.29 is 19.5 Å². The first-order valence-corrected chi connectivity index (χ1v) is 8.99. The number of likely N-dealkylation sites (tertiary alicyclic amines) is 1. The zero-order valence-electron chi connectivity index (χ0n) is 15.3. The van der Waals surface area contributed by atoms with Gasteiger partial charge in [-0.1, -0.05) is 26.0 Å². The smallest absolute Gasteiger partial charge is 0.317 e. The summed E-state index contributed by atoms with van der Waals surface area (Å²) in [5.74, 6) is -0.864. The van der Waals surface area contributed by atoms with Crippen LogP contribution in [0, 0.1) is 11.8 Å². The maximum absolute atomic E-state index is 12.5. The molecule has 1 aromatic rings. The summed E-state index contributed by atoms with van der Waals surface area (Å²) in [6, 6.07) is 6.67. The number of amides is 3. The molecule has 1 saturated heterocycles. The number of carboxylic acid groups (broad SMARTS) is 1. The Hall–Kier alpha value is -2.57. The van der Waals surface area contributed by atoms with E-state index in [1.54, 1.807) is 29.2 Å². The summed E-state index contributed by atoms with van der Waals surface area (Å²) in [4.78, 5) is 37.1. The molecule has 1 heterocycles. The summed E-state index contributed by atoms with van der Waals surface area (Å²) < 4.78 is 0. The molecule has 7 heteroatoms. The Balaban J connectivity index is 1.88. The molecule has 0 bridgehead atoms. The van der Waals surface area contributed by atoms with Gasteiger partial charge in [-0.2, -0.15) is 0 Å². The number of carbonyl (C=O) groups is 3. The highest BCUT2D eigenvalue weighted by Gasteiger charge is 2.28. The number of benzene rings is 1. The molecule has 2 rings (SSSR count). The lowest BCUT2D eigenvalue weighted by atomic mass is 9.97. The van der Waals surface area contributed by atoms with Crippen molar-refractivity contribution in [1.82, 2.24) is 10.2 Å². The van der Waals surface area contributed by atoms with Crippen molar-refractivity contribution >= 4 is 23.6 Å². The van der Waals surface area contributed by atoms with Gasteiger partial charge in [0.1, 0.15) is 0 Å². The van der Waals surface area contributed by atoms with Gasteiger partial charge >= 0.3 is 12.0 Å². The van der Waals surface area contributed by atoms with Gasteiger partial charge < -0.3 is 20.6 Å². The molecule has 1 atom stereocenters. The third-order valence-electron chi connectivity index (χ3n) is 4.32. The predicted molar refractivity (Wildman–Crippen MR) is 98.9 cm³/mol. The first kappa shape index (κ1) is 19.8. The highest BCUT2D eigenvalue weighted by Crippen LogP contribution is 2.19. The van der Waals surface area contributed by atoms with Gasteiger partial charge in [-0.3, -0.25) is 9.59 Å². The van der Waals surface area contributed by atoms with E-state index >= 15 is 0 Å². The van der Waals surface area contributed by atoms with E-state index in [0.29, 0.717) is 36.8 Å². The van der Waals surface area contributed by atoms with Crippen LogP contribution in [0.1, 0.15) is 32.3 Å². The molecule has 1 aliphatic heterocycles. The Labute approximate surface area is 153 Å². The second kappa shape index (κ2) is 9.22. The number of nitrogens with zero attached hydrogens (tertiary/aromatic N) is 1. The van der Waals surface area contributed by atoms with Gasteiger partial charge in [-0.15, -0.1) is 0 Å². The highest BCUT2D eigenvalue weighted by molar-refractivity contribution is 5.93. The largest absolute Gasteiger partial charge is 0.481 e. The van der Waals surface area contributed by atoms with Gasteiger partial charge in [0.15, 0.2) is 0 Å². The van der Waals surface area contributed by atoms with Crippen LogP contribution in [0.4, 0.5) is 10.5 Å². The fraction of sp³-hybridized carbons (Fsp3) is 0.526. The molecular formula is C19H27N3O4. The normalized spacial score (nSPS) is 17.0. The summed E-state index contributed by atoms with van der Waals surface area (Å²) in [6.45, 7) is 5.77. The second-order valence-corrected chi connectivity index (χ2v) is 7.12. The van der Waals surface area contributed by atoms with Crippen LogP contribution in [0.15, 0.2) is 24.3 Å². The SMILES string of the molecule is CC(C)CNC(=O)N1CCCC(C(=O)Nc2ccc(CC(=O)O)cc2)C1. The first-order valence-electron chi connectivity index (χ1n) is 8.99. The van der Waals surface area contributed by atoms with Gasteiger partial charge in [0.25, 0.3) is 0 Å². The van der Waals surface area contributed by atoms with Crippen LogP contribution in [0.2, 0.25) is 0 Å². The fourth-order valence-corrected chi connectivity index (χ4v) is 2.90. The Morgan fingerprint density at radius 3 is 2.54 bits per heavy atom. The van der Waals surface area contributed by atoms with Crippen molar-refractivity contribution in [3.05, 3.63) is 29.8 Å². The van der Waals surface area contributed by atoms with E-state index in [2.05, 4.69) is 10.6 Å². The van der Waals surface area contributed by atoms with Crippen molar-refractivity contribution in [1.29, 1.82) is 0 Å². The summed E-state index contributed by atoms with van der Waals surface area (Å²) in [7, 11) is 0. The lowest BCUT2D eigenvalue weighted by Crippen LogP contribution is -2.48. The zero-order chi connectivity index (χ0) is 19.1. The number of urea groups is 1. The second-order valence-electron chi connectivity index (χ2n) is 7.12. The molecule has 142 valence electrons. The van der Waals surface area contributed by atoms with Crippen molar-refractivity contribution in [2.45, 2.75) is 33.1 Å². The lowest BCUT2D eigenvalue weighted by Gasteiger charge is -2.32. The number of carboxylic acids is 1. The van der Waals surface area contributed by atoms with Gasteiger partial charge in [0.05, 0.1) is 12.3 Å². The number of hydrogen-bond acceptors (Lipinski definition) is 3. The summed E-state index contributed by atoms with van der Waals surface area (Å²) in [5, 5.41) is 14.5. The molecule has 1 unspecified atom stereocenters. The first-order chi connectivity index (χ1) is 12.3. The van der Waals surface area contributed by atoms with Crippen molar-refractivity contribution in [2.75, 3.05) is 25.0 Å². The van der Waals surface area contributed by atoms with Crippen LogP contribution in [0.3, 0.4) is 0 Å². The van der Waals surface area contributed by atoms with Crippen LogP contribution in [0.25, 0.3) is 0 Å². The van der Waals surface area contributed by atoms with Gasteiger partial charge in [0.2, 0.25) is 5.91 Å². The van der Waals surface area contributed by atoms with E-state index in [-0.39, 0.29) is 24.3 Å². The number of carbonyl (C=O) groups excluding carboxylic acids is 2. The molecule has 0 spiro atoms. The van der Waals surface area contributed by atoms with Crippen molar-refractivity contribution in [3.8, 4) is 0 Å². The van der Waals surface area contributed by atoms with Crippen molar-refractivity contribution in [2.24, 2.45) is 11.8 Å². The standard InChI is InChI=1S/C19H27N3O4/c1-13(2)11-20-19(26)22-9-3-4-15(12-22)18(25)21-16-7-5-14(6-8-16)10-17(23)24/h5-8,13,15H,3-4,9-12H2,1-2H3,(H,20,26)(H,21,25)(H,23,24). The Bertz CT molecular complexity index is 643. The minimum absolute atomic E-state index is 0.0443. The third-order valence-corrected chi connectivity index (χ3v) is 4.32. The minimum Gasteiger partial charge on any atom is -0.481 e. The molecule has 3 N–H and O–H groups in total. The molecule has 0 radical (unpaired) electrons. The van der Waals surface area contributed by atoms with E-state index in [0.717, 1.165) is 12.8 Å². The molecule has 26 heavy (non-hydrogen) atoms. The Morgan fingerprint density at radius 1 is 1.23 bits per heavy atom. The quantitative estimate of drug-likeness (QED) is 0.724. The maximum atomic E-state index is 12.5. The number of hydrogen-bond donors (Lipinski definition) is 3. The van der Waals surface area contributed by atoms with Crippen LogP contribution < -0.4 is 10.6 Å². The predicted octanol–water partition coefficient (Wildman–Crippen LogP) is 2.33. The molecule has 1 fully saturated rings. The number of rotatable bonds is 6. The molecule has 3 amide bonds. The Morgan fingerprint density at radius 2 is 1.92 bits per heavy atom. The van der Waals surface area contributed by atoms with E-state index in [1.165, 1.54) is 0 Å². The molecule has 1 aromatic carbocycles. The van der Waals surface area contributed by atoms with E-state index < -0.39 is 5.97 Å². The molecule has 0 saturated carbocycles. The average molecular weight is 361 g/mol. The number of nitrogens with one attached hydrogen (secondary N) is 2. The van der Waals surface area contributed by atoms with Gasteiger partial charge in [0, 0.05) is 25.3 Å². The van der Waals surface area contributed by atoms with Crippen LogP contribution >= 0.6 is 0 Å². The summed E-state index contributed by atoms with van der Waals surface area (Å²) >= 11 is 0. The molecular weight excluding hydrogens is 334 g/mol. The minimum atomic E-state index is -0.889. The molecule has 0 aromatic heterocycles. The monoisotopic (exact) mass is 361 g/mol. The highest BCUT2D eigenvalue weighted by atomic mass is 16.4. The van der Waals surface area contributed by atoms with Crippen LogP contribution in [-0.2, 0) is 16.0 Å². The topological polar surface area (TPSA) is 98.7 Å². The maximum Gasteiger partial charge on any atom is 0.317 e. The van der Waals surface area contributed by atoms with E-state index in [1.807, 2.05) is 13.8 Å². The van der Waals surface area contributed by atoms with Crippen LogP contribution in [-0.4, -0.2) is 47.5 Å². The molecule has 7 nitrogen and oxygen atoms in total. The molecule has 0 aliphatic carbocycles. The van der Waals surface area contributed by atoms with Gasteiger partial charge in [-0.25, -0.2) is 4.79 Å².